The van der Waals surface area contributed by atoms with E-state index in [1.54, 1.807) is 18.2 Å². The molecular weight excluding hydrogens is 321 g/mol. The molecule has 0 spiro atoms. The van der Waals surface area contributed by atoms with Gasteiger partial charge in [0.15, 0.2) is 0 Å². The lowest BCUT2D eigenvalue weighted by atomic mass is 10.1. The third-order valence-corrected chi connectivity index (χ3v) is 3.21. The number of urea groups is 1. The third-order valence-electron chi connectivity index (χ3n) is 3.21. The first-order valence-electron chi connectivity index (χ1n) is 7.34. The first-order valence-corrected chi connectivity index (χ1v) is 7.34. The minimum absolute atomic E-state index is 0.0773. The lowest BCUT2D eigenvalue weighted by Crippen LogP contribution is -2.28. The fourth-order valence-electron chi connectivity index (χ4n) is 2.03. The van der Waals surface area contributed by atoms with Crippen LogP contribution in [0, 0.1) is 0 Å². The number of hydrogen-bond acceptors (Lipinski definition) is 2. The molecule has 0 saturated carbocycles. The lowest BCUT2D eigenvalue weighted by molar-refractivity contribution is -0.274. The fraction of sp³-hybridized carbons (Fsp3) is 0.235. The van der Waals surface area contributed by atoms with Crippen LogP contribution < -0.4 is 15.4 Å². The highest BCUT2D eigenvalue weighted by atomic mass is 19.4. The Morgan fingerprint density at radius 3 is 2.42 bits per heavy atom. The van der Waals surface area contributed by atoms with Crippen molar-refractivity contribution >= 4 is 11.7 Å². The van der Waals surface area contributed by atoms with Crippen molar-refractivity contribution in [1.82, 2.24) is 5.32 Å². The monoisotopic (exact) mass is 338 g/mol. The van der Waals surface area contributed by atoms with E-state index >= 15 is 0 Å². The number of benzene rings is 2. The summed E-state index contributed by atoms with van der Waals surface area (Å²) in [6.45, 7) is 2.11. The Morgan fingerprint density at radius 2 is 1.79 bits per heavy atom. The zero-order valence-corrected chi connectivity index (χ0v) is 13.0. The molecule has 0 radical (unpaired) electrons. The molecule has 0 aliphatic carbocycles. The van der Waals surface area contributed by atoms with E-state index in [0.29, 0.717) is 11.3 Å². The van der Waals surface area contributed by atoms with E-state index in [1.165, 1.54) is 18.2 Å². The van der Waals surface area contributed by atoms with Crippen molar-refractivity contribution in [2.45, 2.75) is 26.3 Å². The van der Waals surface area contributed by atoms with E-state index in [2.05, 4.69) is 15.4 Å². The molecule has 0 aliphatic heterocycles. The van der Waals surface area contributed by atoms with Crippen molar-refractivity contribution in [3.05, 3.63) is 59.7 Å². The Hall–Kier alpha value is -2.70. The van der Waals surface area contributed by atoms with Gasteiger partial charge in [-0.15, -0.1) is 13.2 Å². The molecule has 0 aliphatic rings. The molecule has 2 N–H and O–H groups in total. The molecule has 0 aromatic heterocycles. The summed E-state index contributed by atoms with van der Waals surface area (Å²) in [7, 11) is 0. The van der Waals surface area contributed by atoms with Crippen LogP contribution in [0.25, 0.3) is 0 Å². The quantitative estimate of drug-likeness (QED) is 0.845. The number of amides is 2. The molecule has 4 nitrogen and oxygen atoms in total. The molecule has 2 aromatic rings. The van der Waals surface area contributed by atoms with E-state index in [9.17, 15) is 18.0 Å². The molecular formula is C17H17F3N2O2. The molecule has 2 aromatic carbocycles. The van der Waals surface area contributed by atoms with Crippen LogP contribution in [0.3, 0.4) is 0 Å². The van der Waals surface area contributed by atoms with Gasteiger partial charge in [-0.1, -0.05) is 31.2 Å². The van der Waals surface area contributed by atoms with Crippen LogP contribution in [0.15, 0.2) is 48.5 Å². The molecule has 0 atom stereocenters. The first-order chi connectivity index (χ1) is 11.4. The predicted molar refractivity (Wildman–Crippen MR) is 84.8 cm³/mol. The van der Waals surface area contributed by atoms with Gasteiger partial charge in [0.05, 0.1) is 0 Å². The number of carbonyl (C=O) groups excluding carboxylic acids is 1. The molecule has 2 amide bonds. The number of carbonyl (C=O) groups is 1. The van der Waals surface area contributed by atoms with E-state index < -0.39 is 12.4 Å². The molecule has 24 heavy (non-hydrogen) atoms. The second kappa shape index (κ2) is 7.72. The Balaban J connectivity index is 1.88. The van der Waals surface area contributed by atoms with Crippen molar-refractivity contribution in [3.8, 4) is 5.75 Å². The van der Waals surface area contributed by atoms with Crippen molar-refractivity contribution in [2.75, 3.05) is 5.32 Å². The minimum atomic E-state index is -4.74. The van der Waals surface area contributed by atoms with Crippen LogP contribution in [0.1, 0.15) is 18.1 Å². The maximum atomic E-state index is 12.2. The van der Waals surface area contributed by atoms with E-state index in [1.807, 2.05) is 19.1 Å². The fourth-order valence-corrected chi connectivity index (χ4v) is 2.03. The van der Waals surface area contributed by atoms with Crippen LogP contribution in [0.2, 0.25) is 0 Å². The van der Waals surface area contributed by atoms with Crippen molar-refractivity contribution < 1.29 is 22.7 Å². The summed E-state index contributed by atoms with van der Waals surface area (Å²) in [5.41, 5.74) is 2.29. The molecule has 128 valence electrons. The van der Waals surface area contributed by atoms with Gasteiger partial charge in [-0.2, -0.15) is 0 Å². The number of aryl methyl sites for hydroxylation is 1. The Morgan fingerprint density at radius 1 is 1.08 bits per heavy atom. The first kappa shape index (κ1) is 17.7. The molecule has 0 fully saturated rings. The smallest absolute Gasteiger partial charge is 0.406 e. The van der Waals surface area contributed by atoms with Crippen LogP contribution >= 0.6 is 0 Å². The molecule has 0 saturated heterocycles. The summed E-state index contributed by atoms with van der Waals surface area (Å²) in [4.78, 5) is 11.8. The van der Waals surface area contributed by atoms with Gasteiger partial charge in [-0.25, -0.2) is 4.79 Å². The van der Waals surface area contributed by atoms with Crippen molar-refractivity contribution in [1.29, 1.82) is 0 Å². The average Bonchev–Trinajstić information content (AvgIpc) is 2.52. The maximum Gasteiger partial charge on any atom is 0.573 e. The molecule has 0 bridgehead atoms. The summed E-state index contributed by atoms with van der Waals surface area (Å²) in [5.74, 6) is -0.322. The van der Waals surface area contributed by atoms with Crippen LogP contribution in [0.5, 0.6) is 5.75 Å². The highest BCUT2D eigenvalue weighted by Crippen LogP contribution is 2.23. The number of anilines is 1. The molecule has 2 rings (SSSR count). The highest BCUT2D eigenvalue weighted by molar-refractivity contribution is 5.89. The number of hydrogen-bond donors (Lipinski definition) is 2. The largest absolute Gasteiger partial charge is 0.573 e. The van der Waals surface area contributed by atoms with E-state index in [4.69, 9.17) is 0 Å². The average molecular weight is 338 g/mol. The number of alkyl halides is 3. The third kappa shape index (κ3) is 5.83. The van der Waals surface area contributed by atoms with Crippen LogP contribution in [0.4, 0.5) is 23.7 Å². The summed E-state index contributed by atoms with van der Waals surface area (Å²) in [6.07, 6.45) is -3.84. The Bertz CT molecular complexity index is 685. The number of ether oxygens (including phenoxy) is 1. The highest BCUT2D eigenvalue weighted by Gasteiger charge is 2.31. The van der Waals surface area contributed by atoms with Crippen molar-refractivity contribution in [2.24, 2.45) is 0 Å². The zero-order valence-electron chi connectivity index (χ0n) is 13.0. The Labute approximate surface area is 137 Å². The van der Waals surface area contributed by atoms with Crippen molar-refractivity contribution in [3.63, 3.8) is 0 Å². The normalized spacial score (nSPS) is 11.0. The summed E-state index contributed by atoms with van der Waals surface area (Å²) < 4.78 is 40.4. The van der Waals surface area contributed by atoms with Gasteiger partial charge in [0.2, 0.25) is 0 Å². The number of nitrogens with one attached hydrogen (secondary N) is 2. The minimum Gasteiger partial charge on any atom is -0.406 e. The van der Waals surface area contributed by atoms with Crippen LogP contribution in [-0.2, 0) is 13.0 Å². The van der Waals surface area contributed by atoms with Gasteiger partial charge < -0.3 is 15.4 Å². The van der Waals surface area contributed by atoms with Gasteiger partial charge >= 0.3 is 12.4 Å². The lowest BCUT2D eigenvalue weighted by Gasteiger charge is -2.11. The van der Waals surface area contributed by atoms with Gasteiger partial charge in [0.25, 0.3) is 0 Å². The second-order valence-corrected chi connectivity index (χ2v) is 5.05. The predicted octanol–water partition coefficient (Wildman–Crippen LogP) is 4.47. The summed E-state index contributed by atoms with van der Waals surface area (Å²) in [5, 5.41) is 5.23. The number of halogens is 3. The van der Waals surface area contributed by atoms with Gasteiger partial charge in [-0.05, 0) is 41.8 Å². The topological polar surface area (TPSA) is 50.4 Å². The van der Waals surface area contributed by atoms with E-state index in [-0.39, 0.29) is 12.3 Å². The molecule has 0 unspecified atom stereocenters. The molecule has 0 heterocycles. The van der Waals surface area contributed by atoms with Gasteiger partial charge in [0.1, 0.15) is 5.75 Å². The summed E-state index contributed by atoms with van der Waals surface area (Å²) in [6, 6.07) is 12.4. The van der Waals surface area contributed by atoms with Gasteiger partial charge in [-0.3, -0.25) is 0 Å². The van der Waals surface area contributed by atoms with Gasteiger partial charge in [0, 0.05) is 12.2 Å². The summed E-state index contributed by atoms with van der Waals surface area (Å²) >= 11 is 0. The second-order valence-electron chi connectivity index (χ2n) is 5.05. The maximum absolute atomic E-state index is 12.2. The van der Waals surface area contributed by atoms with E-state index in [0.717, 1.165) is 12.0 Å². The SMILES string of the molecule is CCc1ccc(NC(=O)NCc2cccc(OC(F)(F)F)c2)cc1. The molecule has 7 heteroatoms. The standard InChI is InChI=1S/C17H17F3N2O2/c1-2-12-6-8-14(9-7-12)22-16(23)21-11-13-4-3-5-15(10-13)24-17(18,19)20/h3-10H,2,11H2,1H3,(H2,21,22,23). The van der Waals surface area contributed by atoms with Crippen LogP contribution in [-0.4, -0.2) is 12.4 Å². The number of rotatable bonds is 5. The Kier molecular flexibility index (Phi) is 5.68. The zero-order chi connectivity index (χ0) is 17.6.